The van der Waals surface area contributed by atoms with Gasteiger partial charge in [0.05, 0.1) is 11.8 Å². The van der Waals surface area contributed by atoms with Crippen LogP contribution in [0.4, 0.5) is 10.1 Å². The minimum atomic E-state index is -0.476. The second-order valence-electron chi connectivity index (χ2n) is 4.19. The van der Waals surface area contributed by atoms with Gasteiger partial charge in [0.15, 0.2) is 0 Å². The monoisotopic (exact) mass is 225 g/mol. The number of hydrogen-bond donors (Lipinski definition) is 2. The average Bonchev–Trinajstić information content (AvgIpc) is 2.27. The van der Waals surface area contributed by atoms with Gasteiger partial charge in [0.1, 0.15) is 17.7 Å². The third-order valence-electron chi connectivity index (χ3n) is 2.92. The summed E-state index contributed by atoms with van der Waals surface area (Å²) < 4.78 is 18.6. The van der Waals surface area contributed by atoms with Crippen LogP contribution in [0.15, 0.2) is 18.2 Å². The van der Waals surface area contributed by atoms with E-state index in [4.69, 9.17) is 10.5 Å². The van der Waals surface area contributed by atoms with Crippen LogP contribution in [-0.4, -0.2) is 17.3 Å². The molecule has 0 aliphatic heterocycles. The first-order chi connectivity index (χ1) is 7.66. The fraction of sp³-hybridized carbons (Fsp3) is 0.500. The van der Waals surface area contributed by atoms with Crippen LogP contribution in [-0.2, 0) is 0 Å². The highest BCUT2D eigenvalue weighted by atomic mass is 19.1. The Labute approximate surface area is 94.0 Å². The van der Waals surface area contributed by atoms with Crippen molar-refractivity contribution in [1.82, 2.24) is 0 Å². The van der Waals surface area contributed by atoms with E-state index in [1.165, 1.54) is 18.2 Å². The third kappa shape index (κ3) is 2.44. The third-order valence-corrected chi connectivity index (χ3v) is 2.92. The van der Waals surface area contributed by atoms with E-state index >= 15 is 0 Å². The standard InChI is InChI=1S/C12H16FNO2/c13-8-5-6-9(14)12(7-8)16-11-4-2-1-3-10(11)15/h5-7,10-11,15H,1-4,14H2/t10-,11-/m1/s1. The predicted octanol–water partition coefficient (Wildman–Crippen LogP) is 2.09. The molecule has 1 fully saturated rings. The Balaban J connectivity index is 2.10. The van der Waals surface area contributed by atoms with Gasteiger partial charge in [-0.25, -0.2) is 4.39 Å². The minimum Gasteiger partial charge on any atom is -0.485 e. The Kier molecular flexibility index (Phi) is 3.29. The van der Waals surface area contributed by atoms with Crippen molar-refractivity contribution in [2.45, 2.75) is 37.9 Å². The minimum absolute atomic E-state index is 0.266. The topological polar surface area (TPSA) is 55.5 Å². The molecule has 16 heavy (non-hydrogen) atoms. The summed E-state index contributed by atoms with van der Waals surface area (Å²) in [6.07, 6.45) is 2.82. The number of benzene rings is 1. The smallest absolute Gasteiger partial charge is 0.145 e. The van der Waals surface area contributed by atoms with Crippen molar-refractivity contribution < 1.29 is 14.2 Å². The Morgan fingerprint density at radius 1 is 1.31 bits per heavy atom. The number of anilines is 1. The molecule has 3 N–H and O–H groups in total. The van der Waals surface area contributed by atoms with Crippen molar-refractivity contribution in [2.24, 2.45) is 0 Å². The van der Waals surface area contributed by atoms with Gasteiger partial charge in [0.2, 0.25) is 0 Å². The Bertz CT molecular complexity index is 370. The van der Waals surface area contributed by atoms with Crippen molar-refractivity contribution >= 4 is 5.69 Å². The van der Waals surface area contributed by atoms with Crippen LogP contribution in [0.3, 0.4) is 0 Å². The Hall–Kier alpha value is -1.29. The van der Waals surface area contributed by atoms with Crippen LogP contribution < -0.4 is 10.5 Å². The molecule has 0 bridgehead atoms. The first-order valence-electron chi connectivity index (χ1n) is 5.56. The normalized spacial score (nSPS) is 25.4. The van der Waals surface area contributed by atoms with Gasteiger partial charge >= 0.3 is 0 Å². The molecule has 0 aromatic heterocycles. The molecule has 2 atom stereocenters. The van der Waals surface area contributed by atoms with Gasteiger partial charge < -0.3 is 15.6 Å². The summed E-state index contributed by atoms with van der Waals surface area (Å²) in [6.45, 7) is 0. The molecule has 0 heterocycles. The van der Waals surface area contributed by atoms with Crippen LogP contribution in [0.5, 0.6) is 5.75 Å². The van der Waals surface area contributed by atoms with E-state index in [0.29, 0.717) is 11.4 Å². The van der Waals surface area contributed by atoms with Gasteiger partial charge in [-0.15, -0.1) is 0 Å². The fourth-order valence-electron chi connectivity index (χ4n) is 1.99. The van der Waals surface area contributed by atoms with E-state index in [1.807, 2.05) is 0 Å². The summed E-state index contributed by atoms with van der Waals surface area (Å²) in [5.41, 5.74) is 6.08. The molecule has 1 saturated carbocycles. The fourth-order valence-corrected chi connectivity index (χ4v) is 1.99. The van der Waals surface area contributed by atoms with Gasteiger partial charge in [-0.05, 0) is 31.4 Å². The average molecular weight is 225 g/mol. The Morgan fingerprint density at radius 2 is 2.06 bits per heavy atom. The molecule has 0 radical (unpaired) electrons. The molecule has 0 unspecified atom stereocenters. The van der Waals surface area contributed by atoms with Gasteiger partial charge in [0.25, 0.3) is 0 Å². The van der Waals surface area contributed by atoms with Crippen LogP contribution in [0.25, 0.3) is 0 Å². The highest BCUT2D eigenvalue weighted by Gasteiger charge is 2.25. The molecule has 88 valence electrons. The highest BCUT2D eigenvalue weighted by Crippen LogP contribution is 2.28. The van der Waals surface area contributed by atoms with E-state index in [9.17, 15) is 9.50 Å². The summed E-state index contributed by atoms with van der Waals surface area (Å²) >= 11 is 0. The maximum absolute atomic E-state index is 13.0. The van der Waals surface area contributed by atoms with E-state index in [-0.39, 0.29) is 11.9 Å². The lowest BCUT2D eigenvalue weighted by Gasteiger charge is -2.28. The number of rotatable bonds is 2. The predicted molar refractivity (Wildman–Crippen MR) is 59.7 cm³/mol. The zero-order valence-electron chi connectivity index (χ0n) is 9.03. The molecule has 0 spiro atoms. The number of ether oxygens (including phenoxy) is 1. The molecular formula is C12H16FNO2. The van der Waals surface area contributed by atoms with E-state index in [0.717, 1.165) is 25.7 Å². The largest absolute Gasteiger partial charge is 0.485 e. The molecule has 1 aromatic carbocycles. The number of aliphatic hydroxyl groups excluding tert-OH is 1. The van der Waals surface area contributed by atoms with Crippen LogP contribution >= 0.6 is 0 Å². The lowest BCUT2D eigenvalue weighted by molar-refractivity contribution is 0.00714. The molecule has 3 nitrogen and oxygen atoms in total. The molecule has 1 aromatic rings. The summed E-state index contributed by atoms with van der Waals surface area (Å²) in [7, 11) is 0. The van der Waals surface area contributed by atoms with Crippen molar-refractivity contribution in [3.63, 3.8) is 0 Å². The zero-order valence-corrected chi connectivity index (χ0v) is 9.03. The quantitative estimate of drug-likeness (QED) is 0.758. The number of nitrogens with two attached hydrogens (primary N) is 1. The van der Waals surface area contributed by atoms with Gasteiger partial charge in [-0.2, -0.15) is 0 Å². The van der Waals surface area contributed by atoms with Crippen molar-refractivity contribution in [3.05, 3.63) is 24.0 Å². The molecule has 0 amide bonds. The van der Waals surface area contributed by atoms with Crippen LogP contribution in [0.2, 0.25) is 0 Å². The lowest BCUT2D eigenvalue weighted by atomic mass is 9.95. The van der Waals surface area contributed by atoms with Crippen molar-refractivity contribution in [2.75, 3.05) is 5.73 Å². The second-order valence-corrected chi connectivity index (χ2v) is 4.19. The first kappa shape index (κ1) is 11.2. The SMILES string of the molecule is Nc1ccc(F)cc1O[C@@H]1CCCC[C@H]1O. The van der Waals surface area contributed by atoms with E-state index in [2.05, 4.69) is 0 Å². The molecule has 1 aliphatic carbocycles. The second kappa shape index (κ2) is 4.70. The van der Waals surface area contributed by atoms with Crippen molar-refractivity contribution in [1.29, 1.82) is 0 Å². The Morgan fingerprint density at radius 3 is 2.81 bits per heavy atom. The van der Waals surface area contributed by atoms with Gasteiger partial charge in [0, 0.05) is 6.07 Å². The molecule has 4 heteroatoms. The van der Waals surface area contributed by atoms with Crippen molar-refractivity contribution in [3.8, 4) is 5.75 Å². The number of hydrogen-bond acceptors (Lipinski definition) is 3. The van der Waals surface area contributed by atoms with E-state index < -0.39 is 6.10 Å². The maximum Gasteiger partial charge on any atom is 0.145 e. The molecule has 0 saturated heterocycles. The molecular weight excluding hydrogens is 209 g/mol. The van der Waals surface area contributed by atoms with Crippen LogP contribution in [0, 0.1) is 5.82 Å². The van der Waals surface area contributed by atoms with Gasteiger partial charge in [-0.3, -0.25) is 0 Å². The summed E-state index contributed by atoms with van der Waals surface area (Å²) in [5, 5.41) is 9.73. The van der Waals surface area contributed by atoms with Crippen LogP contribution in [0.1, 0.15) is 25.7 Å². The van der Waals surface area contributed by atoms with E-state index in [1.54, 1.807) is 0 Å². The zero-order chi connectivity index (χ0) is 11.5. The molecule has 2 rings (SSSR count). The van der Waals surface area contributed by atoms with Gasteiger partial charge in [-0.1, -0.05) is 6.42 Å². The number of nitrogen functional groups attached to an aromatic ring is 1. The summed E-state index contributed by atoms with van der Waals surface area (Å²) in [4.78, 5) is 0. The first-order valence-corrected chi connectivity index (χ1v) is 5.56. The molecule has 1 aliphatic rings. The summed E-state index contributed by atoms with van der Waals surface area (Å²) in [5.74, 6) is -0.0551. The number of aliphatic hydroxyl groups is 1. The highest BCUT2D eigenvalue weighted by molar-refractivity contribution is 5.52. The summed E-state index contributed by atoms with van der Waals surface area (Å²) in [6, 6.07) is 4.02. The maximum atomic E-state index is 13.0. The number of halogens is 1. The lowest BCUT2D eigenvalue weighted by Crippen LogP contribution is -2.34.